The molecule has 1 aromatic carbocycles. The predicted molar refractivity (Wildman–Crippen MR) is 91.2 cm³/mol. The normalized spacial score (nSPS) is 27.5. The van der Waals surface area contributed by atoms with E-state index in [9.17, 15) is 9.59 Å². The van der Waals surface area contributed by atoms with Gasteiger partial charge >= 0.3 is 5.97 Å². The minimum absolute atomic E-state index is 0.0567. The van der Waals surface area contributed by atoms with Crippen molar-refractivity contribution in [1.82, 2.24) is 9.80 Å². The molecule has 0 N–H and O–H groups in total. The Hall–Kier alpha value is -1.88. The van der Waals surface area contributed by atoms with Crippen molar-refractivity contribution in [2.75, 3.05) is 34.3 Å². The maximum absolute atomic E-state index is 12.9. The Balaban J connectivity index is 1.93. The first-order chi connectivity index (χ1) is 11.5. The highest BCUT2D eigenvalue weighted by Crippen LogP contribution is 2.51. The Morgan fingerprint density at radius 3 is 2.62 bits per heavy atom. The van der Waals surface area contributed by atoms with Crippen molar-refractivity contribution in [1.29, 1.82) is 0 Å². The lowest BCUT2D eigenvalue weighted by Crippen LogP contribution is -2.42. The van der Waals surface area contributed by atoms with Gasteiger partial charge in [-0.15, -0.1) is 0 Å². The van der Waals surface area contributed by atoms with E-state index in [1.165, 1.54) is 7.11 Å². The van der Waals surface area contributed by atoms with Gasteiger partial charge in [-0.25, -0.2) is 0 Å². The van der Waals surface area contributed by atoms with Gasteiger partial charge in [-0.05, 0) is 24.3 Å². The summed E-state index contributed by atoms with van der Waals surface area (Å²) in [5, 5.41) is 0. The second-order valence-corrected chi connectivity index (χ2v) is 7.21. The Labute approximate surface area is 143 Å². The fraction of sp³-hybridized carbons (Fsp3) is 0.579. The molecule has 0 spiro atoms. The molecule has 1 aromatic rings. The van der Waals surface area contributed by atoms with Crippen LogP contribution in [0.4, 0.5) is 0 Å². The van der Waals surface area contributed by atoms with E-state index in [2.05, 4.69) is 4.90 Å². The monoisotopic (exact) mass is 330 g/mol. The van der Waals surface area contributed by atoms with E-state index in [-0.39, 0.29) is 23.8 Å². The minimum Gasteiger partial charge on any atom is -0.469 e. The van der Waals surface area contributed by atoms with E-state index < -0.39 is 5.41 Å². The van der Waals surface area contributed by atoms with Crippen molar-refractivity contribution in [3.8, 4) is 0 Å². The van der Waals surface area contributed by atoms with Crippen molar-refractivity contribution < 1.29 is 14.3 Å². The zero-order valence-corrected chi connectivity index (χ0v) is 14.7. The second-order valence-electron chi connectivity index (χ2n) is 7.21. The molecular weight excluding hydrogens is 304 g/mol. The van der Waals surface area contributed by atoms with Gasteiger partial charge in [0.25, 0.3) is 0 Å². The van der Waals surface area contributed by atoms with Gasteiger partial charge < -0.3 is 9.64 Å². The molecule has 1 aliphatic heterocycles. The van der Waals surface area contributed by atoms with Crippen LogP contribution in [0.15, 0.2) is 30.3 Å². The van der Waals surface area contributed by atoms with Crippen LogP contribution >= 0.6 is 0 Å². The van der Waals surface area contributed by atoms with E-state index in [0.717, 1.165) is 31.4 Å². The summed E-state index contributed by atoms with van der Waals surface area (Å²) in [6.45, 7) is 1.37. The average molecular weight is 330 g/mol. The van der Waals surface area contributed by atoms with Crippen LogP contribution < -0.4 is 0 Å². The van der Waals surface area contributed by atoms with Gasteiger partial charge in [0.1, 0.15) is 6.04 Å². The second kappa shape index (κ2) is 6.55. The lowest BCUT2D eigenvalue weighted by Gasteiger charge is -2.31. The van der Waals surface area contributed by atoms with Gasteiger partial charge in [0.05, 0.1) is 12.5 Å². The number of hydrogen-bond donors (Lipinski definition) is 0. The molecule has 3 atom stereocenters. The third-order valence-corrected chi connectivity index (χ3v) is 5.64. The number of ether oxygens (including phenoxy) is 1. The number of benzene rings is 1. The molecule has 2 aliphatic rings. The number of methoxy groups -OCH3 is 1. The van der Waals surface area contributed by atoms with Gasteiger partial charge in [-0.3, -0.25) is 14.5 Å². The Kier molecular flexibility index (Phi) is 4.63. The van der Waals surface area contributed by atoms with Crippen LogP contribution in [0.25, 0.3) is 0 Å². The molecule has 24 heavy (non-hydrogen) atoms. The van der Waals surface area contributed by atoms with Crippen LogP contribution in [0.1, 0.15) is 30.9 Å². The molecule has 3 rings (SSSR count). The highest BCUT2D eigenvalue weighted by Gasteiger charge is 2.57. The van der Waals surface area contributed by atoms with E-state index >= 15 is 0 Å². The Bertz CT molecular complexity index is 616. The van der Waals surface area contributed by atoms with Crippen LogP contribution in [0.3, 0.4) is 0 Å². The molecule has 0 bridgehead atoms. The Morgan fingerprint density at radius 1 is 1.29 bits per heavy atom. The first-order valence-corrected chi connectivity index (χ1v) is 8.58. The van der Waals surface area contributed by atoms with E-state index in [1.54, 1.807) is 19.0 Å². The largest absolute Gasteiger partial charge is 0.469 e. The van der Waals surface area contributed by atoms with E-state index in [0.29, 0.717) is 6.54 Å². The summed E-state index contributed by atoms with van der Waals surface area (Å²) in [4.78, 5) is 29.2. The number of likely N-dealkylation sites (tertiary alicyclic amines) is 1. The highest BCUT2D eigenvalue weighted by molar-refractivity contribution is 5.83. The lowest BCUT2D eigenvalue weighted by atomic mass is 9.81. The molecular formula is C19H26N2O3. The van der Waals surface area contributed by atoms with Crippen molar-refractivity contribution in [3.05, 3.63) is 35.9 Å². The molecule has 1 aliphatic carbocycles. The van der Waals surface area contributed by atoms with Gasteiger partial charge in [0, 0.05) is 27.2 Å². The first-order valence-electron chi connectivity index (χ1n) is 8.58. The van der Waals surface area contributed by atoms with Crippen LogP contribution in [0.2, 0.25) is 0 Å². The number of nitrogens with zero attached hydrogens (tertiary/aromatic N) is 2. The van der Waals surface area contributed by atoms with Crippen LogP contribution in [0.5, 0.6) is 0 Å². The van der Waals surface area contributed by atoms with Crippen molar-refractivity contribution in [2.24, 2.45) is 11.3 Å². The molecule has 5 nitrogen and oxygen atoms in total. The molecule has 1 saturated heterocycles. The zero-order valence-electron chi connectivity index (χ0n) is 14.7. The van der Waals surface area contributed by atoms with Crippen LogP contribution in [-0.2, 0) is 14.3 Å². The summed E-state index contributed by atoms with van der Waals surface area (Å²) in [5.41, 5.74) is 0.546. The fourth-order valence-electron chi connectivity index (χ4n) is 4.45. The molecule has 0 radical (unpaired) electrons. The number of carbonyl (C=O) groups is 2. The average Bonchev–Trinajstić information content (AvgIpc) is 3.13. The summed E-state index contributed by atoms with van der Waals surface area (Å²) >= 11 is 0. The van der Waals surface area contributed by atoms with Crippen LogP contribution in [0, 0.1) is 11.3 Å². The summed E-state index contributed by atoms with van der Waals surface area (Å²) in [6, 6.07) is 9.51. The number of carbonyl (C=O) groups excluding carboxylic acids is 2. The van der Waals surface area contributed by atoms with Gasteiger partial charge in [0.15, 0.2) is 0 Å². The SMILES string of the molecule is COC(=O)[C@]12CCC[C@@H]1CN([C@@H](C(=O)N(C)C)c1ccccc1)C2. The van der Waals surface area contributed by atoms with Gasteiger partial charge in [-0.1, -0.05) is 36.8 Å². The van der Waals surface area contributed by atoms with E-state index in [4.69, 9.17) is 4.74 Å². The molecule has 1 amide bonds. The molecule has 2 fully saturated rings. The minimum atomic E-state index is -0.436. The maximum atomic E-state index is 12.9. The number of likely N-dealkylation sites (N-methyl/N-ethyl adjacent to an activating group) is 1. The first kappa shape index (κ1) is 17.0. The number of esters is 1. The predicted octanol–water partition coefficient (Wildman–Crippen LogP) is 2.09. The summed E-state index contributed by atoms with van der Waals surface area (Å²) in [5.74, 6) is 0.226. The Morgan fingerprint density at radius 2 is 2.00 bits per heavy atom. The molecule has 5 heteroatoms. The third kappa shape index (κ3) is 2.71. The van der Waals surface area contributed by atoms with Crippen molar-refractivity contribution >= 4 is 11.9 Å². The molecule has 130 valence electrons. The maximum Gasteiger partial charge on any atom is 0.313 e. The fourth-order valence-corrected chi connectivity index (χ4v) is 4.45. The van der Waals surface area contributed by atoms with Gasteiger partial charge in [-0.2, -0.15) is 0 Å². The highest BCUT2D eigenvalue weighted by atomic mass is 16.5. The summed E-state index contributed by atoms with van der Waals surface area (Å²) in [7, 11) is 5.03. The smallest absolute Gasteiger partial charge is 0.313 e. The standard InChI is InChI=1S/C19H26N2O3/c1-20(2)17(22)16(14-8-5-4-6-9-14)21-12-15-10-7-11-19(15,13-21)18(23)24-3/h4-6,8-9,15-16H,7,10-13H2,1-3H3/t15-,16-,19+/m1/s1. The van der Waals surface area contributed by atoms with Crippen LogP contribution in [-0.4, -0.2) is 56.0 Å². The number of rotatable bonds is 4. The van der Waals surface area contributed by atoms with Gasteiger partial charge in [0.2, 0.25) is 5.91 Å². The third-order valence-electron chi connectivity index (χ3n) is 5.64. The summed E-state index contributed by atoms with van der Waals surface area (Å²) < 4.78 is 5.12. The summed E-state index contributed by atoms with van der Waals surface area (Å²) in [6.07, 6.45) is 2.95. The number of hydrogen-bond acceptors (Lipinski definition) is 4. The number of fused-ring (bicyclic) bond motifs is 1. The quantitative estimate of drug-likeness (QED) is 0.793. The van der Waals surface area contributed by atoms with Crippen molar-refractivity contribution in [3.63, 3.8) is 0 Å². The van der Waals surface area contributed by atoms with Crippen molar-refractivity contribution in [2.45, 2.75) is 25.3 Å². The molecule has 1 heterocycles. The van der Waals surface area contributed by atoms with E-state index in [1.807, 2.05) is 30.3 Å². The molecule has 1 saturated carbocycles. The molecule has 0 unspecified atom stereocenters. The topological polar surface area (TPSA) is 49.9 Å². The lowest BCUT2D eigenvalue weighted by molar-refractivity contribution is -0.153. The zero-order chi connectivity index (χ0) is 17.3. The number of amides is 1. The molecule has 0 aromatic heterocycles.